The predicted octanol–water partition coefficient (Wildman–Crippen LogP) is -2.79. The smallest absolute Gasteiger partial charge is 0.325 e. The van der Waals surface area contributed by atoms with Crippen LogP contribution in [0, 0.1) is 0 Å². The molecule has 2 rings (SSSR count). The topological polar surface area (TPSA) is 603 Å². The standard InChI is InChI=1S/C94H162N12O38/c1-93(2,3)143-85(117)69-101-75(107)19-13-29-97-89(119)73(17-9-11-27-95-79(111)71-141-67-65-139-63-61-137-59-57-135-55-53-133-51-49-131-47-45-129-43-41-127-39-37-125-35-33-123-7)103-77(109)21-15-31-99-91(121)87(105-81(113)23-24-82(105)114)88(106-83(115)25-26-84(106)116)92(122)100-32-16-22-78(110)104-74(90(120)98-30-14-20-76(108)102-70-86(118)144-94(4,5)6)18-10-12-28-96-80(112)72-142-68-66-140-64-62-138-60-58-136-56-54-134-52-50-132-48-46-130-44-42-128-40-38-126-36-34-124-8/h23-26,73-74,87-88H,9-22,27-72H2,1-8H3,(H,95,111)(H,96,112)(H,97,119)(H,98,120)(H,99,121)(H,100,122)(H,101,107)(H,102,108)(H,103,109)(H,104,110)/t73-,74-,87-,88-/m0/s1. The lowest BCUT2D eigenvalue weighted by Gasteiger charge is -2.35. The Bertz CT molecular complexity index is 3390. The second kappa shape index (κ2) is 86.7. The number of hydrogen-bond donors (Lipinski definition) is 10. The largest absolute Gasteiger partial charge is 0.459 e. The predicted molar refractivity (Wildman–Crippen MR) is 512 cm³/mol. The molecule has 4 atom stereocenters. The monoisotopic (exact) mass is 2070 g/mol. The average Bonchev–Trinajstić information content (AvgIpc) is 1.59. The highest BCUT2D eigenvalue weighted by molar-refractivity contribution is 6.19. The fourth-order valence-corrected chi connectivity index (χ4v) is 12.5. The molecule has 0 spiro atoms. The maximum atomic E-state index is 14.5. The maximum absolute atomic E-state index is 14.5. The molecule has 0 aromatic heterocycles. The van der Waals surface area contributed by atoms with Crippen LogP contribution in [0.25, 0.3) is 0 Å². The zero-order chi connectivity index (χ0) is 106. The molecular formula is C94H162N12O38. The van der Waals surface area contributed by atoms with Gasteiger partial charge in [-0.15, -0.1) is 0 Å². The Morgan fingerprint density at radius 3 is 0.688 bits per heavy atom. The number of amides is 14. The number of ether oxygens (including phenoxy) is 22. The summed E-state index contributed by atoms with van der Waals surface area (Å²) in [5.41, 5.74) is -1.55. The number of carbonyl (C=O) groups is 16. The van der Waals surface area contributed by atoms with Crippen molar-refractivity contribution in [3.63, 3.8) is 0 Å². The Kier molecular flexibility index (Phi) is 78.7. The third-order valence-electron chi connectivity index (χ3n) is 19.4. The fourth-order valence-electron chi connectivity index (χ4n) is 12.5. The van der Waals surface area contributed by atoms with E-state index in [0.717, 1.165) is 24.3 Å². The van der Waals surface area contributed by atoms with E-state index < -0.39 is 130 Å². The minimum atomic E-state index is -2.22. The third-order valence-corrected chi connectivity index (χ3v) is 19.4. The molecule has 50 nitrogen and oxygen atoms in total. The summed E-state index contributed by atoms with van der Waals surface area (Å²) in [6, 6.07) is -6.77. The van der Waals surface area contributed by atoms with Crippen LogP contribution in [0.2, 0.25) is 0 Å². The number of nitrogens with one attached hydrogen (secondary N) is 10. The lowest BCUT2D eigenvalue weighted by atomic mass is 10.0. The van der Waals surface area contributed by atoms with Crippen molar-refractivity contribution < 1.29 is 181 Å². The molecule has 2 aliphatic rings. The van der Waals surface area contributed by atoms with Crippen LogP contribution in [-0.2, 0) is 181 Å². The molecule has 144 heavy (non-hydrogen) atoms. The number of imide groups is 2. The van der Waals surface area contributed by atoms with E-state index in [1.165, 1.54) is 0 Å². The van der Waals surface area contributed by atoms with Gasteiger partial charge in [0.2, 0.25) is 59.1 Å². The summed E-state index contributed by atoms with van der Waals surface area (Å²) in [7, 11) is 3.23. The highest BCUT2D eigenvalue weighted by Gasteiger charge is 2.50. The van der Waals surface area contributed by atoms with Crippen LogP contribution in [0.15, 0.2) is 24.3 Å². The van der Waals surface area contributed by atoms with Crippen LogP contribution in [0.4, 0.5) is 0 Å². The number of nitrogens with zero attached hydrogens (tertiary/aromatic N) is 2. The first-order valence-electron chi connectivity index (χ1n) is 49.1. The number of hydrogen-bond acceptors (Lipinski definition) is 38. The van der Waals surface area contributed by atoms with Crippen molar-refractivity contribution in [1.29, 1.82) is 0 Å². The molecule has 0 aromatic carbocycles. The van der Waals surface area contributed by atoms with Gasteiger partial charge >= 0.3 is 11.9 Å². The number of esters is 2. The molecule has 0 bridgehead atoms. The Hall–Kier alpha value is -9.40. The van der Waals surface area contributed by atoms with E-state index in [0.29, 0.717) is 234 Å². The van der Waals surface area contributed by atoms with Gasteiger partial charge in [-0.25, -0.2) is 0 Å². The van der Waals surface area contributed by atoms with Gasteiger partial charge in [-0.3, -0.25) is 86.5 Å². The summed E-state index contributed by atoms with van der Waals surface area (Å²) in [4.78, 5) is 213. The average molecular weight is 2070 g/mol. The van der Waals surface area contributed by atoms with Crippen LogP contribution < -0.4 is 53.2 Å². The molecule has 0 unspecified atom stereocenters. The fraction of sp³-hybridized carbons (Fsp3) is 0.787. The van der Waals surface area contributed by atoms with Crippen molar-refractivity contribution in [3.05, 3.63) is 24.3 Å². The molecule has 0 saturated heterocycles. The number of rotatable bonds is 97. The first kappa shape index (κ1) is 131. The van der Waals surface area contributed by atoms with Crippen LogP contribution in [-0.4, -0.2) is 457 Å². The lowest BCUT2D eigenvalue weighted by molar-refractivity contribution is -0.156. The highest BCUT2D eigenvalue weighted by Crippen LogP contribution is 2.22. The normalized spacial score (nSPS) is 13.3. The Morgan fingerprint density at radius 2 is 0.458 bits per heavy atom. The van der Waals surface area contributed by atoms with Gasteiger partial charge in [0.1, 0.15) is 61.7 Å². The van der Waals surface area contributed by atoms with Gasteiger partial charge in [-0.05, 0) is 106 Å². The molecule has 0 fully saturated rings. The first-order valence-corrected chi connectivity index (χ1v) is 49.1. The van der Waals surface area contributed by atoms with E-state index in [9.17, 15) is 76.7 Å². The van der Waals surface area contributed by atoms with Gasteiger partial charge in [0.15, 0.2) is 0 Å². The van der Waals surface area contributed by atoms with Crippen LogP contribution in [0.5, 0.6) is 0 Å². The Morgan fingerprint density at radius 1 is 0.250 bits per heavy atom. The molecule has 0 aliphatic carbocycles. The van der Waals surface area contributed by atoms with Crippen LogP contribution in [0.1, 0.15) is 131 Å². The Balaban J connectivity index is 1.94. The zero-order valence-electron chi connectivity index (χ0n) is 85.5. The molecule has 2 heterocycles. The quantitative estimate of drug-likeness (QED) is 0.0167. The summed E-state index contributed by atoms with van der Waals surface area (Å²) >= 11 is 0. The third kappa shape index (κ3) is 73.6. The molecular weight excluding hydrogens is 1910 g/mol. The van der Waals surface area contributed by atoms with Crippen LogP contribution in [0.3, 0.4) is 0 Å². The van der Waals surface area contributed by atoms with Crippen molar-refractivity contribution in [2.75, 3.05) is 318 Å². The summed E-state index contributed by atoms with van der Waals surface area (Å²) in [5.74, 6) is -12.5. The van der Waals surface area contributed by atoms with Gasteiger partial charge < -0.3 is 157 Å². The van der Waals surface area contributed by atoms with Crippen molar-refractivity contribution in [2.45, 2.75) is 167 Å². The van der Waals surface area contributed by atoms with Crippen molar-refractivity contribution in [3.8, 4) is 0 Å². The van der Waals surface area contributed by atoms with E-state index >= 15 is 0 Å². The van der Waals surface area contributed by atoms with E-state index in [-0.39, 0.29) is 169 Å². The molecule has 50 heteroatoms. The van der Waals surface area contributed by atoms with E-state index in [4.69, 9.17) is 104 Å². The second-order valence-corrected chi connectivity index (χ2v) is 33.8. The van der Waals surface area contributed by atoms with Gasteiger partial charge in [-0.1, -0.05) is 0 Å². The molecule has 0 radical (unpaired) electrons. The van der Waals surface area contributed by atoms with Gasteiger partial charge in [0.25, 0.3) is 23.6 Å². The molecule has 826 valence electrons. The number of methoxy groups -OCH3 is 2. The number of carbonyl (C=O) groups excluding carboxylic acids is 16. The zero-order valence-corrected chi connectivity index (χ0v) is 85.5. The van der Waals surface area contributed by atoms with Crippen molar-refractivity contribution >= 4 is 94.6 Å². The SMILES string of the molecule is COCCOCCOCCOCCOCCOCCOCCOCCOCCOCC(=O)NCCCC[C@H](NC(=O)CCCNC(=O)[C@H]([C@@H](C(=O)NCCCC(=O)N[C@@H](CCCCNC(=O)COCCOCCOCCOCCOCCOCCOCCOCCOCCOC)C(=O)NCCCC(=O)NCC(=O)OC(C)(C)C)N1C(=O)C=CC1=O)N1C(=O)C=CC1=O)C(=O)NCCCC(=O)NCC(=O)OC(C)(C)C. The first-order chi connectivity index (χ1) is 69.5. The van der Waals surface area contributed by atoms with Gasteiger partial charge in [-0.2, -0.15) is 0 Å². The van der Waals surface area contributed by atoms with Crippen molar-refractivity contribution in [2.24, 2.45) is 0 Å². The number of unbranched alkanes of at least 4 members (excludes halogenated alkanes) is 2. The minimum Gasteiger partial charge on any atom is -0.459 e. The van der Waals surface area contributed by atoms with Gasteiger partial charge in [0.05, 0.1) is 238 Å². The van der Waals surface area contributed by atoms with E-state index in [1.807, 2.05) is 0 Å². The summed E-state index contributed by atoms with van der Waals surface area (Å²) in [6.45, 7) is 22.4. The summed E-state index contributed by atoms with van der Waals surface area (Å²) in [6.07, 6.45) is 3.67. The van der Waals surface area contributed by atoms with E-state index in [2.05, 4.69) is 53.2 Å². The van der Waals surface area contributed by atoms with Crippen LogP contribution >= 0.6 is 0 Å². The summed E-state index contributed by atoms with van der Waals surface area (Å²) < 4.78 is 119. The van der Waals surface area contributed by atoms with Gasteiger partial charge in [0, 0.05) is 103 Å². The molecule has 0 saturated carbocycles. The Labute approximate surface area is 843 Å². The molecule has 2 aliphatic heterocycles. The molecule has 10 N–H and O–H groups in total. The minimum absolute atomic E-state index is 0.0222. The van der Waals surface area contributed by atoms with E-state index in [1.54, 1.807) is 55.8 Å². The maximum Gasteiger partial charge on any atom is 0.325 e. The highest BCUT2D eigenvalue weighted by atomic mass is 16.6. The lowest BCUT2D eigenvalue weighted by Crippen LogP contribution is -2.66. The summed E-state index contributed by atoms with van der Waals surface area (Å²) in [5, 5.41) is 26.1. The molecule has 14 amide bonds. The van der Waals surface area contributed by atoms with Crippen molar-refractivity contribution in [1.82, 2.24) is 63.0 Å². The second-order valence-electron chi connectivity index (χ2n) is 33.8. The molecule has 0 aromatic rings.